The lowest BCUT2D eigenvalue weighted by atomic mass is 10.2. The summed E-state index contributed by atoms with van der Waals surface area (Å²) in [6.07, 6.45) is 0. The SMILES string of the molecule is COc1cc2c(cc1S(=O)(=O)Cl)OCC(=O)N2. The van der Waals surface area contributed by atoms with E-state index in [0.717, 1.165) is 0 Å². The van der Waals surface area contributed by atoms with Crippen LogP contribution in [-0.4, -0.2) is 28.0 Å². The van der Waals surface area contributed by atoms with Crippen molar-refractivity contribution in [3.63, 3.8) is 0 Å². The number of hydrogen-bond donors (Lipinski definition) is 1. The van der Waals surface area contributed by atoms with Crippen molar-refractivity contribution in [3.8, 4) is 11.5 Å². The molecule has 6 nitrogen and oxygen atoms in total. The minimum Gasteiger partial charge on any atom is -0.495 e. The van der Waals surface area contributed by atoms with Crippen molar-refractivity contribution in [2.24, 2.45) is 0 Å². The average Bonchev–Trinajstić information content (AvgIpc) is 2.25. The molecule has 8 heteroatoms. The monoisotopic (exact) mass is 277 g/mol. The minimum absolute atomic E-state index is 0.0459. The van der Waals surface area contributed by atoms with Crippen LogP contribution in [0.2, 0.25) is 0 Å². The number of fused-ring (bicyclic) bond motifs is 1. The molecule has 0 spiro atoms. The molecule has 92 valence electrons. The lowest BCUT2D eigenvalue weighted by molar-refractivity contribution is -0.118. The van der Waals surface area contributed by atoms with E-state index in [1.54, 1.807) is 0 Å². The second kappa shape index (κ2) is 4.08. The van der Waals surface area contributed by atoms with Crippen molar-refractivity contribution < 1.29 is 22.7 Å². The fourth-order valence-electron chi connectivity index (χ4n) is 1.44. The summed E-state index contributed by atoms with van der Waals surface area (Å²) >= 11 is 0. The quantitative estimate of drug-likeness (QED) is 0.814. The van der Waals surface area contributed by atoms with Crippen LogP contribution in [0.3, 0.4) is 0 Å². The maximum Gasteiger partial charge on any atom is 0.265 e. The Hall–Kier alpha value is -1.47. The Kier molecular flexibility index (Phi) is 2.88. The zero-order chi connectivity index (χ0) is 12.6. The van der Waals surface area contributed by atoms with Crippen molar-refractivity contribution in [2.45, 2.75) is 4.90 Å². The van der Waals surface area contributed by atoms with Crippen molar-refractivity contribution in [2.75, 3.05) is 19.0 Å². The fraction of sp³-hybridized carbons (Fsp3) is 0.222. The number of nitrogens with one attached hydrogen (secondary N) is 1. The number of amides is 1. The summed E-state index contributed by atoms with van der Waals surface area (Å²) in [5.74, 6) is -0.0322. The van der Waals surface area contributed by atoms with E-state index in [1.165, 1.54) is 19.2 Å². The Morgan fingerprint density at radius 3 is 2.76 bits per heavy atom. The van der Waals surface area contributed by atoms with Gasteiger partial charge in [0.05, 0.1) is 12.8 Å². The Labute approximate surface area is 102 Å². The van der Waals surface area contributed by atoms with Crippen LogP contribution in [0.4, 0.5) is 5.69 Å². The third kappa shape index (κ3) is 2.29. The number of ether oxygens (including phenoxy) is 2. The van der Waals surface area contributed by atoms with Crippen LogP contribution >= 0.6 is 10.7 Å². The molecule has 0 atom stereocenters. The van der Waals surface area contributed by atoms with Crippen LogP contribution < -0.4 is 14.8 Å². The molecule has 1 amide bonds. The predicted octanol–water partition coefficient (Wildman–Crippen LogP) is 0.954. The summed E-state index contributed by atoms with van der Waals surface area (Å²) in [5.41, 5.74) is 0.349. The number of halogens is 1. The largest absolute Gasteiger partial charge is 0.495 e. The molecule has 2 rings (SSSR count). The molecule has 1 N–H and O–H groups in total. The van der Waals surface area contributed by atoms with Gasteiger partial charge in [-0.3, -0.25) is 4.79 Å². The second-order valence-electron chi connectivity index (χ2n) is 3.27. The van der Waals surface area contributed by atoms with Crippen molar-refractivity contribution in [1.82, 2.24) is 0 Å². The average molecular weight is 278 g/mol. The number of anilines is 1. The summed E-state index contributed by atoms with van der Waals surface area (Å²) in [6, 6.07) is 2.57. The van der Waals surface area contributed by atoms with Gasteiger partial charge in [-0.25, -0.2) is 8.42 Å². The van der Waals surface area contributed by atoms with Gasteiger partial charge in [0.2, 0.25) is 0 Å². The summed E-state index contributed by atoms with van der Waals surface area (Å²) in [5, 5.41) is 2.53. The highest BCUT2D eigenvalue weighted by molar-refractivity contribution is 8.13. The molecule has 0 saturated carbocycles. The van der Waals surface area contributed by atoms with E-state index in [0.29, 0.717) is 5.69 Å². The van der Waals surface area contributed by atoms with E-state index in [9.17, 15) is 13.2 Å². The van der Waals surface area contributed by atoms with E-state index in [1.807, 2.05) is 0 Å². The molecule has 1 heterocycles. The van der Waals surface area contributed by atoms with Gasteiger partial charge in [0, 0.05) is 22.8 Å². The molecule has 0 bridgehead atoms. The van der Waals surface area contributed by atoms with Gasteiger partial charge < -0.3 is 14.8 Å². The normalized spacial score (nSPS) is 14.6. The summed E-state index contributed by atoms with van der Waals surface area (Å²) in [7, 11) is 2.63. The molecule has 0 aromatic heterocycles. The van der Waals surface area contributed by atoms with Crippen LogP contribution in [0.1, 0.15) is 0 Å². The first-order chi connectivity index (χ1) is 7.91. The number of rotatable bonds is 2. The third-order valence-corrected chi connectivity index (χ3v) is 3.50. The van der Waals surface area contributed by atoms with Gasteiger partial charge in [0.25, 0.3) is 15.0 Å². The fourth-order valence-corrected chi connectivity index (χ4v) is 2.43. The van der Waals surface area contributed by atoms with Gasteiger partial charge in [-0.05, 0) is 0 Å². The van der Waals surface area contributed by atoms with E-state index >= 15 is 0 Å². The topological polar surface area (TPSA) is 81.7 Å². The summed E-state index contributed by atoms with van der Waals surface area (Å²) < 4.78 is 32.6. The zero-order valence-electron chi connectivity index (χ0n) is 8.69. The number of benzene rings is 1. The molecule has 17 heavy (non-hydrogen) atoms. The first kappa shape index (κ1) is 12.0. The second-order valence-corrected chi connectivity index (χ2v) is 5.81. The van der Waals surface area contributed by atoms with E-state index in [-0.39, 0.29) is 28.9 Å². The first-order valence-electron chi connectivity index (χ1n) is 4.51. The van der Waals surface area contributed by atoms with Gasteiger partial charge in [0.15, 0.2) is 6.61 Å². The highest BCUT2D eigenvalue weighted by Gasteiger charge is 2.24. The molecule has 1 aliphatic rings. The third-order valence-electron chi connectivity index (χ3n) is 2.16. The van der Waals surface area contributed by atoms with E-state index in [4.69, 9.17) is 20.2 Å². The van der Waals surface area contributed by atoms with E-state index in [2.05, 4.69) is 5.32 Å². The predicted molar refractivity (Wildman–Crippen MR) is 60.2 cm³/mol. The van der Waals surface area contributed by atoms with Crippen molar-refractivity contribution >= 4 is 31.3 Å². The first-order valence-corrected chi connectivity index (χ1v) is 6.82. The van der Waals surface area contributed by atoms with Crippen LogP contribution in [0.15, 0.2) is 17.0 Å². The Morgan fingerprint density at radius 2 is 2.18 bits per heavy atom. The maximum atomic E-state index is 11.3. The van der Waals surface area contributed by atoms with Crippen LogP contribution in [0.5, 0.6) is 11.5 Å². The standard InChI is InChI=1S/C9H8ClNO5S/c1-15-7-2-5-6(16-4-9(12)11-5)3-8(7)17(10,13)14/h2-3H,4H2,1H3,(H,11,12). The number of carbonyl (C=O) groups excluding carboxylic acids is 1. The van der Waals surface area contributed by atoms with Gasteiger partial charge in [-0.2, -0.15) is 0 Å². The molecule has 1 aliphatic heterocycles. The molecule has 0 aliphatic carbocycles. The van der Waals surface area contributed by atoms with Gasteiger partial charge in [0.1, 0.15) is 16.4 Å². The van der Waals surface area contributed by atoms with Crippen molar-refractivity contribution in [3.05, 3.63) is 12.1 Å². The highest BCUT2D eigenvalue weighted by Crippen LogP contribution is 2.38. The van der Waals surface area contributed by atoms with Gasteiger partial charge >= 0.3 is 0 Å². The lowest BCUT2D eigenvalue weighted by Gasteiger charge is -2.19. The number of carbonyl (C=O) groups is 1. The number of hydrogen-bond acceptors (Lipinski definition) is 5. The molecule has 1 aromatic rings. The molecular weight excluding hydrogens is 270 g/mol. The molecule has 1 aromatic carbocycles. The van der Waals surface area contributed by atoms with Gasteiger partial charge in [-0.1, -0.05) is 0 Å². The molecule has 0 radical (unpaired) electrons. The minimum atomic E-state index is -3.94. The van der Waals surface area contributed by atoms with E-state index < -0.39 is 9.05 Å². The molecule has 0 fully saturated rings. The Bertz CT molecular complexity index is 583. The molecule has 0 saturated heterocycles. The summed E-state index contributed by atoms with van der Waals surface area (Å²) in [6.45, 7) is -0.166. The maximum absolute atomic E-state index is 11.3. The van der Waals surface area contributed by atoms with Crippen molar-refractivity contribution in [1.29, 1.82) is 0 Å². The van der Waals surface area contributed by atoms with Crippen LogP contribution in [0.25, 0.3) is 0 Å². The smallest absolute Gasteiger partial charge is 0.265 e. The number of methoxy groups -OCH3 is 1. The Morgan fingerprint density at radius 1 is 1.47 bits per heavy atom. The van der Waals surface area contributed by atoms with Crippen LogP contribution in [-0.2, 0) is 13.8 Å². The Balaban J connectivity index is 2.61. The zero-order valence-corrected chi connectivity index (χ0v) is 10.3. The van der Waals surface area contributed by atoms with Crippen LogP contribution in [0, 0.1) is 0 Å². The molecule has 0 unspecified atom stereocenters. The van der Waals surface area contributed by atoms with Gasteiger partial charge in [-0.15, -0.1) is 0 Å². The highest BCUT2D eigenvalue weighted by atomic mass is 35.7. The summed E-state index contributed by atoms with van der Waals surface area (Å²) in [4.78, 5) is 10.9. The lowest BCUT2D eigenvalue weighted by Crippen LogP contribution is -2.25. The molecular formula is C9H8ClNO5S.